The number of rotatable bonds is 7. The molecular weight excluding hydrogens is 376 g/mol. The molecule has 0 atom stereocenters. The van der Waals surface area contributed by atoms with Gasteiger partial charge in [-0.1, -0.05) is 25.1 Å². The number of amides is 2. The average Bonchev–Trinajstić information content (AvgIpc) is 3.60. The minimum absolute atomic E-state index is 0.0245. The number of nitrogens with one attached hydrogen (secondary N) is 3. The van der Waals surface area contributed by atoms with Crippen LogP contribution in [-0.2, 0) is 11.2 Å². The van der Waals surface area contributed by atoms with Crippen LogP contribution in [0.5, 0.6) is 0 Å². The summed E-state index contributed by atoms with van der Waals surface area (Å²) in [4.78, 5) is 28.7. The SMILES string of the molecule is CCc1cccc(C(=O)Nc2cccc(Nc3ccnc(NC(=O)C4CC4)c3)c2)c1. The predicted octanol–water partition coefficient (Wildman–Crippen LogP) is 4.99. The van der Waals surface area contributed by atoms with Crippen LogP contribution >= 0.6 is 0 Å². The van der Waals surface area contributed by atoms with Gasteiger partial charge < -0.3 is 16.0 Å². The van der Waals surface area contributed by atoms with Gasteiger partial charge in [0.25, 0.3) is 5.91 Å². The molecule has 152 valence electrons. The number of nitrogens with zero attached hydrogens (tertiary/aromatic N) is 1. The monoisotopic (exact) mass is 400 g/mol. The fourth-order valence-electron chi connectivity index (χ4n) is 3.13. The number of hydrogen-bond donors (Lipinski definition) is 3. The molecule has 1 fully saturated rings. The number of aryl methyl sites for hydroxylation is 1. The average molecular weight is 400 g/mol. The van der Waals surface area contributed by atoms with Crippen molar-refractivity contribution >= 4 is 34.7 Å². The molecule has 4 rings (SSSR count). The molecule has 6 heteroatoms. The quantitative estimate of drug-likeness (QED) is 0.522. The number of carbonyl (C=O) groups is 2. The van der Waals surface area contributed by atoms with Crippen LogP contribution < -0.4 is 16.0 Å². The van der Waals surface area contributed by atoms with Gasteiger partial charge in [-0.15, -0.1) is 0 Å². The van der Waals surface area contributed by atoms with Gasteiger partial charge in [0.2, 0.25) is 5.91 Å². The Balaban J connectivity index is 1.43. The van der Waals surface area contributed by atoms with Crippen molar-refractivity contribution in [3.8, 4) is 0 Å². The Hall–Kier alpha value is -3.67. The molecule has 2 amide bonds. The van der Waals surface area contributed by atoms with Crippen LogP contribution in [0.15, 0.2) is 66.9 Å². The largest absolute Gasteiger partial charge is 0.355 e. The van der Waals surface area contributed by atoms with E-state index in [-0.39, 0.29) is 17.7 Å². The number of carbonyl (C=O) groups excluding carboxylic acids is 2. The van der Waals surface area contributed by atoms with Gasteiger partial charge in [0.15, 0.2) is 0 Å². The molecule has 1 aromatic heterocycles. The third kappa shape index (κ3) is 5.03. The van der Waals surface area contributed by atoms with E-state index in [4.69, 9.17) is 0 Å². The Bertz CT molecular complexity index is 1080. The smallest absolute Gasteiger partial charge is 0.255 e. The Labute approximate surface area is 175 Å². The van der Waals surface area contributed by atoms with E-state index in [1.807, 2.05) is 54.6 Å². The van der Waals surface area contributed by atoms with E-state index in [0.717, 1.165) is 36.2 Å². The van der Waals surface area contributed by atoms with Crippen LogP contribution in [0.4, 0.5) is 22.9 Å². The van der Waals surface area contributed by atoms with Gasteiger partial charge in [-0.05, 0) is 61.2 Å². The summed E-state index contributed by atoms with van der Waals surface area (Å²) in [5.74, 6) is 0.534. The van der Waals surface area contributed by atoms with Gasteiger partial charge in [-0.3, -0.25) is 9.59 Å². The number of hydrogen-bond acceptors (Lipinski definition) is 4. The summed E-state index contributed by atoms with van der Waals surface area (Å²) in [7, 11) is 0. The standard InChI is InChI=1S/C24H24N4O2/c1-2-16-5-3-6-18(13-16)24(30)27-20-8-4-7-19(14-20)26-21-11-12-25-22(15-21)28-23(29)17-9-10-17/h3-8,11-15,17H,2,9-10H2,1H3,(H,27,30)(H2,25,26,28,29). The zero-order valence-corrected chi connectivity index (χ0v) is 16.8. The Morgan fingerprint density at radius 1 is 0.933 bits per heavy atom. The summed E-state index contributed by atoms with van der Waals surface area (Å²) in [6, 6.07) is 18.7. The summed E-state index contributed by atoms with van der Waals surface area (Å²) >= 11 is 0. The summed E-state index contributed by atoms with van der Waals surface area (Å²) in [5.41, 5.74) is 4.08. The van der Waals surface area contributed by atoms with Gasteiger partial charge in [0.05, 0.1) is 0 Å². The molecule has 0 unspecified atom stereocenters. The van der Waals surface area contributed by atoms with E-state index in [9.17, 15) is 9.59 Å². The number of aromatic nitrogens is 1. The molecule has 1 aliphatic rings. The maximum absolute atomic E-state index is 12.6. The molecule has 0 spiro atoms. The van der Waals surface area contributed by atoms with Crippen molar-refractivity contribution in [3.63, 3.8) is 0 Å². The van der Waals surface area contributed by atoms with E-state index in [1.54, 1.807) is 12.3 Å². The van der Waals surface area contributed by atoms with Crippen molar-refractivity contribution in [1.82, 2.24) is 4.98 Å². The van der Waals surface area contributed by atoms with Gasteiger partial charge in [0.1, 0.15) is 5.82 Å². The van der Waals surface area contributed by atoms with E-state index < -0.39 is 0 Å². The molecule has 0 aliphatic heterocycles. The van der Waals surface area contributed by atoms with Crippen LogP contribution in [0.25, 0.3) is 0 Å². The fourth-order valence-corrected chi connectivity index (χ4v) is 3.13. The molecule has 0 bridgehead atoms. The van der Waals surface area contributed by atoms with Gasteiger partial charge >= 0.3 is 0 Å². The van der Waals surface area contributed by atoms with Crippen molar-refractivity contribution in [2.24, 2.45) is 5.92 Å². The third-order valence-corrected chi connectivity index (χ3v) is 4.97. The summed E-state index contributed by atoms with van der Waals surface area (Å²) in [5, 5.41) is 9.08. The molecule has 3 aromatic rings. The number of pyridine rings is 1. The van der Waals surface area contributed by atoms with E-state index in [0.29, 0.717) is 17.1 Å². The highest BCUT2D eigenvalue weighted by Crippen LogP contribution is 2.30. The molecule has 6 nitrogen and oxygen atoms in total. The van der Waals surface area contributed by atoms with E-state index in [1.165, 1.54) is 0 Å². The minimum atomic E-state index is -0.142. The molecular formula is C24H24N4O2. The van der Waals surface area contributed by atoms with Crippen molar-refractivity contribution in [3.05, 3.63) is 78.0 Å². The van der Waals surface area contributed by atoms with Gasteiger partial charge in [-0.2, -0.15) is 0 Å². The highest BCUT2D eigenvalue weighted by Gasteiger charge is 2.29. The van der Waals surface area contributed by atoms with Gasteiger partial charge in [-0.25, -0.2) is 4.98 Å². The lowest BCUT2D eigenvalue weighted by Gasteiger charge is -2.11. The second kappa shape index (κ2) is 8.78. The van der Waals surface area contributed by atoms with Gasteiger partial charge in [0, 0.05) is 40.8 Å². The van der Waals surface area contributed by atoms with Crippen LogP contribution in [0.1, 0.15) is 35.7 Å². The molecule has 30 heavy (non-hydrogen) atoms. The van der Waals surface area contributed by atoms with Crippen molar-refractivity contribution in [1.29, 1.82) is 0 Å². The van der Waals surface area contributed by atoms with Crippen molar-refractivity contribution in [2.45, 2.75) is 26.2 Å². The third-order valence-electron chi connectivity index (χ3n) is 4.97. The Kier molecular flexibility index (Phi) is 5.75. The number of anilines is 4. The second-order valence-corrected chi connectivity index (χ2v) is 7.41. The van der Waals surface area contributed by atoms with E-state index in [2.05, 4.69) is 27.9 Å². The van der Waals surface area contributed by atoms with Crippen LogP contribution in [0, 0.1) is 5.92 Å². The zero-order chi connectivity index (χ0) is 20.9. The minimum Gasteiger partial charge on any atom is -0.355 e. The zero-order valence-electron chi connectivity index (χ0n) is 16.8. The Morgan fingerprint density at radius 2 is 1.70 bits per heavy atom. The predicted molar refractivity (Wildman–Crippen MR) is 119 cm³/mol. The normalized spacial score (nSPS) is 12.8. The molecule has 2 aromatic carbocycles. The molecule has 1 heterocycles. The molecule has 0 saturated heterocycles. The lowest BCUT2D eigenvalue weighted by atomic mass is 10.1. The molecule has 0 radical (unpaired) electrons. The van der Waals surface area contributed by atoms with Crippen LogP contribution in [0.3, 0.4) is 0 Å². The fraction of sp³-hybridized carbons (Fsp3) is 0.208. The van der Waals surface area contributed by atoms with Crippen LogP contribution in [0.2, 0.25) is 0 Å². The van der Waals surface area contributed by atoms with Crippen LogP contribution in [-0.4, -0.2) is 16.8 Å². The first-order valence-electron chi connectivity index (χ1n) is 10.1. The molecule has 3 N–H and O–H groups in total. The Morgan fingerprint density at radius 3 is 2.50 bits per heavy atom. The van der Waals surface area contributed by atoms with E-state index >= 15 is 0 Å². The molecule has 1 aliphatic carbocycles. The second-order valence-electron chi connectivity index (χ2n) is 7.41. The summed E-state index contributed by atoms with van der Waals surface area (Å²) < 4.78 is 0. The summed E-state index contributed by atoms with van der Waals surface area (Å²) in [6.45, 7) is 2.06. The lowest BCUT2D eigenvalue weighted by Crippen LogP contribution is -2.14. The maximum atomic E-state index is 12.6. The van der Waals surface area contributed by atoms with Crippen molar-refractivity contribution in [2.75, 3.05) is 16.0 Å². The topological polar surface area (TPSA) is 83.1 Å². The maximum Gasteiger partial charge on any atom is 0.255 e. The lowest BCUT2D eigenvalue weighted by molar-refractivity contribution is -0.117. The first-order chi connectivity index (χ1) is 14.6. The number of benzene rings is 2. The molecule has 1 saturated carbocycles. The first kappa shape index (κ1) is 19.6. The first-order valence-corrected chi connectivity index (χ1v) is 10.1. The van der Waals surface area contributed by atoms with Crippen molar-refractivity contribution < 1.29 is 9.59 Å². The highest BCUT2D eigenvalue weighted by atomic mass is 16.2. The highest BCUT2D eigenvalue weighted by molar-refractivity contribution is 6.04. The summed E-state index contributed by atoms with van der Waals surface area (Å²) in [6.07, 6.45) is 4.43.